The van der Waals surface area contributed by atoms with Gasteiger partial charge in [0.1, 0.15) is 12.7 Å². The molecule has 3 atom stereocenters. The number of carbonyl (C=O) groups is 2. The van der Waals surface area contributed by atoms with Gasteiger partial charge in [0.25, 0.3) is 0 Å². The molecule has 0 aromatic carbocycles. The van der Waals surface area contributed by atoms with Crippen LogP contribution in [0.1, 0.15) is 168 Å². The largest absolute Gasteiger partial charge is 0.472 e. The Kier molecular flexibility index (Phi) is 35.2. The first-order valence-corrected chi connectivity index (χ1v) is 21.4. The lowest BCUT2D eigenvalue weighted by atomic mass is 10.0. The van der Waals surface area contributed by atoms with Crippen LogP contribution in [0.15, 0.2) is 36.5 Å². The molecule has 0 heterocycles. The first-order chi connectivity index (χ1) is 24.7. The molecule has 0 aliphatic carbocycles. The number of carbonyl (C=O) groups excluding carboxylic acids is 2. The summed E-state index contributed by atoms with van der Waals surface area (Å²) in [6.45, 7) is 2.24. The molecule has 0 fully saturated rings. The van der Waals surface area contributed by atoms with Crippen LogP contribution in [0.5, 0.6) is 0 Å². The van der Waals surface area contributed by atoms with Gasteiger partial charge in [0.2, 0.25) is 0 Å². The van der Waals surface area contributed by atoms with Crippen molar-refractivity contribution in [2.75, 3.05) is 26.4 Å². The fraction of sp³-hybridized carbons (Fsp3) is 0.800. The van der Waals surface area contributed by atoms with E-state index in [0.717, 1.165) is 70.6 Å². The van der Waals surface area contributed by atoms with Crippen LogP contribution in [0.2, 0.25) is 0 Å². The minimum absolute atomic E-state index is 0.183. The summed E-state index contributed by atoms with van der Waals surface area (Å²) in [6.07, 6.45) is 35.4. The lowest BCUT2D eigenvalue weighted by Gasteiger charge is -2.20. The van der Waals surface area contributed by atoms with Crippen molar-refractivity contribution in [3.05, 3.63) is 36.5 Å². The van der Waals surface area contributed by atoms with Crippen molar-refractivity contribution < 1.29 is 47.8 Å². The van der Waals surface area contributed by atoms with Crippen molar-refractivity contribution in [3.63, 3.8) is 0 Å². The molecule has 1 unspecified atom stereocenters. The molecule has 298 valence electrons. The lowest BCUT2D eigenvalue weighted by Crippen LogP contribution is -2.29. The molecule has 11 heteroatoms. The summed E-state index contributed by atoms with van der Waals surface area (Å²) in [7, 11) is -4.61. The van der Waals surface area contributed by atoms with Gasteiger partial charge in [-0.2, -0.15) is 0 Å². The average molecular weight is 745 g/mol. The number of aliphatic hydroxyl groups excluding tert-OH is 2. The molecule has 10 nitrogen and oxygen atoms in total. The highest BCUT2D eigenvalue weighted by molar-refractivity contribution is 7.47. The molecule has 0 saturated heterocycles. The molecule has 0 bridgehead atoms. The summed E-state index contributed by atoms with van der Waals surface area (Å²) in [5.41, 5.74) is 0. The molecule has 3 N–H and O–H groups in total. The second-order valence-corrected chi connectivity index (χ2v) is 14.7. The first kappa shape index (κ1) is 49.2. The van der Waals surface area contributed by atoms with E-state index in [4.69, 9.17) is 19.1 Å². The number of esters is 2. The highest BCUT2D eigenvalue weighted by Crippen LogP contribution is 2.43. The van der Waals surface area contributed by atoms with Crippen LogP contribution in [0.25, 0.3) is 0 Å². The van der Waals surface area contributed by atoms with Crippen LogP contribution in [0.3, 0.4) is 0 Å². The number of hydrogen-bond donors (Lipinski definition) is 3. The summed E-state index contributed by atoms with van der Waals surface area (Å²) >= 11 is 0. The quantitative estimate of drug-likeness (QED) is 0.0243. The molecule has 0 aromatic heterocycles. The van der Waals surface area contributed by atoms with Crippen LogP contribution in [0.4, 0.5) is 0 Å². The van der Waals surface area contributed by atoms with Crippen molar-refractivity contribution in [1.29, 1.82) is 0 Å². The fourth-order valence-corrected chi connectivity index (χ4v) is 6.03. The van der Waals surface area contributed by atoms with Crippen molar-refractivity contribution in [1.82, 2.24) is 0 Å². The molecular weight excluding hydrogens is 671 g/mol. The molecular formula is C40H73O10P. The van der Waals surface area contributed by atoms with Crippen LogP contribution >= 0.6 is 7.82 Å². The fourth-order valence-electron chi connectivity index (χ4n) is 5.24. The Balaban J connectivity index is 4.36. The zero-order valence-electron chi connectivity index (χ0n) is 32.1. The molecule has 0 aliphatic rings. The van der Waals surface area contributed by atoms with E-state index in [0.29, 0.717) is 12.8 Å². The summed E-state index contributed by atoms with van der Waals surface area (Å²) in [4.78, 5) is 34.9. The van der Waals surface area contributed by atoms with Crippen LogP contribution in [-0.2, 0) is 32.7 Å². The normalized spacial score (nSPS) is 14.4. The summed E-state index contributed by atoms with van der Waals surface area (Å²) in [5, 5.41) is 18.3. The highest BCUT2D eigenvalue weighted by atomic mass is 31.2. The molecule has 0 aliphatic heterocycles. The van der Waals surface area contributed by atoms with E-state index in [9.17, 15) is 24.2 Å². The van der Waals surface area contributed by atoms with Crippen LogP contribution < -0.4 is 0 Å². The third kappa shape index (κ3) is 36.3. The second-order valence-electron chi connectivity index (χ2n) is 13.3. The van der Waals surface area contributed by atoms with E-state index in [1.807, 2.05) is 0 Å². The summed E-state index contributed by atoms with van der Waals surface area (Å²) in [6, 6.07) is 0. The Morgan fingerprint density at radius 1 is 0.608 bits per heavy atom. The van der Waals surface area contributed by atoms with E-state index in [-0.39, 0.29) is 19.4 Å². The summed E-state index contributed by atoms with van der Waals surface area (Å²) < 4.78 is 32.6. The maximum atomic E-state index is 12.6. The zero-order chi connectivity index (χ0) is 37.7. The van der Waals surface area contributed by atoms with Crippen molar-refractivity contribution in [2.45, 2.75) is 180 Å². The first-order valence-electron chi connectivity index (χ1n) is 19.9. The molecule has 0 radical (unpaired) electrons. The number of aliphatic hydroxyl groups is 2. The van der Waals surface area contributed by atoms with Crippen molar-refractivity contribution >= 4 is 19.8 Å². The lowest BCUT2D eigenvalue weighted by molar-refractivity contribution is -0.161. The molecule has 0 spiro atoms. The Morgan fingerprint density at radius 3 is 1.63 bits per heavy atom. The highest BCUT2D eigenvalue weighted by Gasteiger charge is 2.27. The van der Waals surface area contributed by atoms with Gasteiger partial charge in [-0.05, 0) is 44.9 Å². The van der Waals surface area contributed by atoms with Gasteiger partial charge in [-0.1, -0.05) is 147 Å². The van der Waals surface area contributed by atoms with Gasteiger partial charge in [0.05, 0.1) is 19.8 Å². The van der Waals surface area contributed by atoms with E-state index in [1.54, 1.807) is 0 Å². The number of ether oxygens (including phenoxy) is 2. The van der Waals surface area contributed by atoms with Crippen LogP contribution in [-0.4, -0.2) is 65.7 Å². The number of rotatable bonds is 37. The molecule has 0 amide bonds. The molecule has 0 rings (SSSR count). The third-order valence-electron chi connectivity index (χ3n) is 8.31. The Bertz CT molecular complexity index is 952. The van der Waals surface area contributed by atoms with E-state index >= 15 is 0 Å². The standard InChI is InChI=1S/C40H73O10P/c1-3-5-7-9-11-13-15-17-18-20-21-23-25-27-29-31-39(43)47-35-38(36-49-51(45,46)48-34-37(42)33-41)50-40(44)32-30-28-26-24-22-19-16-14-12-10-8-6-4-2/h5,7,11,13,17-18,37-38,41-42H,3-4,6,8-10,12,14-16,19-36H2,1-2H3,(H,45,46)/b7-5-,13-11-,18-17-/t37-,38+/m0/s1. The van der Waals surface area contributed by atoms with Gasteiger partial charge in [-0.15, -0.1) is 0 Å². The van der Waals surface area contributed by atoms with Gasteiger partial charge in [0, 0.05) is 12.8 Å². The monoisotopic (exact) mass is 744 g/mol. The smallest absolute Gasteiger partial charge is 0.462 e. The Hall–Kier alpha value is -1.81. The SMILES string of the molecule is CC/C=C\C/C=C\C/C=C\CCCCCCCC(=O)OC[C@H](COP(=O)(O)OC[C@@H](O)CO)OC(=O)CCCCCCCCCCCCCCC. The van der Waals surface area contributed by atoms with Gasteiger partial charge in [-0.3, -0.25) is 18.6 Å². The average Bonchev–Trinajstić information content (AvgIpc) is 3.12. The topological polar surface area (TPSA) is 149 Å². The number of phosphoric acid groups is 1. The van der Waals surface area contributed by atoms with Gasteiger partial charge < -0.3 is 24.6 Å². The summed E-state index contributed by atoms with van der Waals surface area (Å²) in [5.74, 6) is -0.943. The zero-order valence-corrected chi connectivity index (χ0v) is 33.0. The minimum Gasteiger partial charge on any atom is -0.462 e. The van der Waals surface area contributed by atoms with E-state index < -0.39 is 51.8 Å². The Morgan fingerprint density at radius 2 is 1.08 bits per heavy atom. The molecule has 0 aromatic rings. The second kappa shape index (κ2) is 36.5. The predicted molar refractivity (Wildman–Crippen MR) is 205 cm³/mol. The number of allylic oxidation sites excluding steroid dienone is 6. The van der Waals surface area contributed by atoms with Crippen molar-refractivity contribution in [3.8, 4) is 0 Å². The van der Waals surface area contributed by atoms with Crippen molar-refractivity contribution in [2.24, 2.45) is 0 Å². The Labute approximate surface area is 310 Å². The molecule has 51 heavy (non-hydrogen) atoms. The van der Waals surface area contributed by atoms with Crippen LogP contribution in [0, 0.1) is 0 Å². The number of phosphoric ester groups is 1. The maximum Gasteiger partial charge on any atom is 0.472 e. The van der Waals surface area contributed by atoms with E-state index in [1.165, 1.54) is 57.8 Å². The third-order valence-corrected chi connectivity index (χ3v) is 9.26. The molecule has 0 saturated carbocycles. The number of hydrogen-bond acceptors (Lipinski definition) is 9. The van der Waals surface area contributed by atoms with Gasteiger partial charge in [-0.25, -0.2) is 4.57 Å². The predicted octanol–water partition coefficient (Wildman–Crippen LogP) is 10.00. The minimum atomic E-state index is -4.61. The number of unbranched alkanes of at least 4 members (excludes halogenated alkanes) is 17. The van der Waals surface area contributed by atoms with Gasteiger partial charge >= 0.3 is 19.8 Å². The van der Waals surface area contributed by atoms with E-state index in [2.05, 4.69) is 54.8 Å². The van der Waals surface area contributed by atoms with Gasteiger partial charge in [0.15, 0.2) is 6.10 Å². The maximum absolute atomic E-state index is 12.6.